The second-order valence-corrected chi connectivity index (χ2v) is 8.25. The zero-order chi connectivity index (χ0) is 22.5. The lowest BCUT2D eigenvalue weighted by Crippen LogP contribution is -2.44. The van der Waals surface area contributed by atoms with Crippen molar-refractivity contribution in [2.75, 3.05) is 48.3 Å². The van der Waals surface area contributed by atoms with E-state index in [0.717, 1.165) is 37.6 Å². The largest absolute Gasteiger partial charge is 0.354 e. The van der Waals surface area contributed by atoms with Gasteiger partial charge in [0.05, 0.1) is 6.54 Å². The van der Waals surface area contributed by atoms with E-state index >= 15 is 0 Å². The molecule has 1 N–H and O–H groups in total. The van der Waals surface area contributed by atoms with Crippen LogP contribution in [0.4, 0.5) is 26.4 Å². The van der Waals surface area contributed by atoms with E-state index in [0.29, 0.717) is 22.9 Å². The van der Waals surface area contributed by atoms with Crippen molar-refractivity contribution >= 4 is 34.8 Å². The molecule has 2 amide bonds. The lowest BCUT2D eigenvalue weighted by Gasteiger charge is -2.33. The van der Waals surface area contributed by atoms with Gasteiger partial charge in [0.15, 0.2) is 0 Å². The van der Waals surface area contributed by atoms with Gasteiger partial charge in [-0.15, -0.1) is 0 Å². The minimum absolute atomic E-state index is 0.293. The summed E-state index contributed by atoms with van der Waals surface area (Å²) in [5.74, 6) is 0.575. The van der Waals surface area contributed by atoms with Gasteiger partial charge in [0.1, 0.15) is 11.6 Å². The topological polar surface area (TPSA) is 51.7 Å². The number of nitrogens with zero attached hydrogens (tertiary/aromatic N) is 4. The van der Waals surface area contributed by atoms with Crippen LogP contribution in [0.2, 0.25) is 5.02 Å². The van der Waals surface area contributed by atoms with Gasteiger partial charge in [-0.1, -0.05) is 17.7 Å². The summed E-state index contributed by atoms with van der Waals surface area (Å²) in [7, 11) is 2.12. The van der Waals surface area contributed by atoms with E-state index in [1.165, 1.54) is 12.1 Å². The van der Waals surface area contributed by atoms with Crippen LogP contribution in [0, 0.1) is 5.82 Å². The maximum atomic E-state index is 13.5. The number of anilines is 3. The third-order valence-corrected chi connectivity index (χ3v) is 5.71. The molecule has 0 saturated carbocycles. The van der Waals surface area contributed by atoms with Crippen LogP contribution in [0.3, 0.4) is 0 Å². The predicted molar refractivity (Wildman–Crippen MR) is 127 cm³/mol. The van der Waals surface area contributed by atoms with Crippen LogP contribution in [0.25, 0.3) is 0 Å². The number of amides is 2. The number of carbonyl (C=O) groups excluding carboxylic acids is 1. The Morgan fingerprint density at radius 3 is 2.34 bits per heavy atom. The minimum atomic E-state index is -0.356. The third-order valence-electron chi connectivity index (χ3n) is 5.46. The standard InChI is InChI=1S/C24H25ClFN5O/c1-29-12-14-30(15-13-29)23-11-2-18(16-27-23)17-31(22-9-5-20(26)6-10-22)24(32)28-21-7-3-19(25)4-8-21/h2-11,16H,12-15,17H2,1H3,(H,28,32). The van der Waals surface area contributed by atoms with E-state index in [-0.39, 0.29) is 11.8 Å². The smallest absolute Gasteiger partial charge is 0.326 e. The number of aromatic nitrogens is 1. The fourth-order valence-electron chi connectivity index (χ4n) is 3.54. The van der Waals surface area contributed by atoms with Crippen LogP contribution in [-0.2, 0) is 6.54 Å². The number of halogens is 2. The molecule has 1 aromatic heterocycles. The normalized spacial score (nSPS) is 14.3. The van der Waals surface area contributed by atoms with Crippen LogP contribution in [0.5, 0.6) is 0 Å². The molecule has 8 heteroatoms. The predicted octanol–water partition coefficient (Wildman–Crippen LogP) is 4.86. The highest BCUT2D eigenvalue weighted by molar-refractivity contribution is 6.30. The molecular weight excluding hydrogens is 429 g/mol. The number of carbonyl (C=O) groups is 1. The molecule has 166 valence electrons. The number of rotatable bonds is 5. The molecule has 1 aliphatic rings. The highest BCUT2D eigenvalue weighted by Crippen LogP contribution is 2.22. The number of pyridine rings is 1. The van der Waals surface area contributed by atoms with Gasteiger partial charge in [-0.25, -0.2) is 14.2 Å². The molecule has 6 nitrogen and oxygen atoms in total. The van der Waals surface area contributed by atoms with E-state index in [1.54, 1.807) is 47.5 Å². The fourth-order valence-corrected chi connectivity index (χ4v) is 3.67. The van der Waals surface area contributed by atoms with E-state index in [9.17, 15) is 9.18 Å². The maximum absolute atomic E-state index is 13.5. The van der Waals surface area contributed by atoms with Crippen molar-refractivity contribution in [3.8, 4) is 0 Å². The second kappa shape index (κ2) is 9.97. The van der Waals surface area contributed by atoms with E-state index in [1.807, 2.05) is 12.1 Å². The summed E-state index contributed by atoms with van der Waals surface area (Å²) in [6.07, 6.45) is 1.79. The molecule has 32 heavy (non-hydrogen) atoms. The first-order valence-corrected chi connectivity index (χ1v) is 10.8. The summed E-state index contributed by atoms with van der Waals surface area (Å²) in [4.78, 5) is 23.8. The zero-order valence-corrected chi connectivity index (χ0v) is 18.6. The summed E-state index contributed by atoms with van der Waals surface area (Å²) in [5, 5.41) is 3.46. The van der Waals surface area contributed by atoms with E-state index in [4.69, 9.17) is 11.6 Å². The van der Waals surface area contributed by atoms with Crippen LogP contribution < -0.4 is 15.1 Å². The van der Waals surface area contributed by atoms with Gasteiger partial charge in [-0.05, 0) is 67.2 Å². The molecule has 0 aliphatic carbocycles. The number of urea groups is 1. The van der Waals surface area contributed by atoms with Gasteiger partial charge in [-0.3, -0.25) is 4.90 Å². The SMILES string of the molecule is CN1CCN(c2ccc(CN(C(=O)Nc3ccc(Cl)cc3)c3ccc(F)cc3)cn2)CC1. The number of hydrogen-bond donors (Lipinski definition) is 1. The summed E-state index contributed by atoms with van der Waals surface area (Å²) in [6.45, 7) is 4.18. The first kappa shape index (κ1) is 22.0. The molecule has 4 rings (SSSR count). The first-order valence-electron chi connectivity index (χ1n) is 10.5. The Morgan fingerprint density at radius 1 is 1.03 bits per heavy atom. The van der Waals surface area contributed by atoms with Crippen LogP contribution in [0.1, 0.15) is 5.56 Å². The Bertz CT molecular complexity index is 1040. The van der Waals surface area contributed by atoms with Crippen molar-refractivity contribution in [3.63, 3.8) is 0 Å². The summed E-state index contributed by atoms with van der Waals surface area (Å²) < 4.78 is 13.5. The van der Waals surface area contributed by atoms with Gasteiger partial charge in [-0.2, -0.15) is 0 Å². The van der Waals surface area contributed by atoms with E-state index < -0.39 is 0 Å². The summed E-state index contributed by atoms with van der Waals surface area (Å²) in [6, 6.07) is 16.4. The highest BCUT2D eigenvalue weighted by Gasteiger charge is 2.19. The Balaban J connectivity index is 1.51. The molecular formula is C24H25ClFN5O. The number of piperazine rings is 1. The Labute approximate surface area is 192 Å². The number of likely N-dealkylation sites (N-methyl/N-ethyl adjacent to an activating group) is 1. The molecule has 2 aromatic carbocycles. The number of hydrogen-bond acceptors (Lipinski definition) is 4. The fraction of sp³-hybridized carbons (Fsp3) is 0.250. The van der Waals surface area contributed by atoms with Crippen molar-refractivity contribution in [3.05, 3.63) is 83.3 Å². The highest BCUT2D eigenvalue weighted by atomic mass is 35.5. The molecule has 3 aromatic rings. The lowest BCUT2D eigenvalue weighted by atomic mass is 10.2. The van der Waals surface area contributed by atoms with Crippen LogP contribution in [-0.4, -0.2) is 49.1 Å². The van der Waals surface area contributed by atoms with Gasteiger partial charge >= 0.3 is 6.03 Å². The minimum Gasteiger partial charge on any atom is -0.354 e. The van der Waals surface area contributed by atoms with Crippen LogP contribution >= 0.6 is 11.6 Å². The molecule has 0 atom stereocenters. The van der Waals surface area contributed by atoms with E-state index in [2.05, 4.69) is 27.1 Å². The first-order chi connectivity index (χ1) is 15.5. The van der Waals surface area contributed by atoms with Crippen molar-refractivity contribution in [1.29, 1.82) is 0 Å². The lowest BCUT2D eigenvalue weighted by molar-refractivity contribution is 0.256. The maximum Gasteiger partial charge on any atom is 0.326 e. The van der Waals surface area contributed by atoms with Crippen molar-refractivity contribution < 1.29 is 9.18 Å². The molecule has 0 radical (unpaired) electrons. The Morgan fingerprint density at radius 2 is 1.72 bits per heavy atom. The monoisotopic (exact) mass is 453 g/mol. The molecule has 1 fully saturated rings. The Kier molecular flexibility index (Phi) is 6.87. The molecule has 0 unspecified atom stereocenters. The molecule has 1 aliphatic heterocycles. The second-order valence-electron chi connectivity index (χ2n) is 7.81. The van der Waals surface area contributed by atoms with Crippen molar-refractivity contribution in [1.82, 2.24) is 9.88 Å². The average Bonchev–Trinajstić information content (AvgIpc) is 2.81. The Hall–Kier alpha value is -3.16. The van der Waals surface area contributed by atoms with Gasteiger partial charge in [0.25, 0.3) is 0 Å². The quantitative estimate of drug-likeness (QED) is 0.599. The van der Waals surface area contributed by atoms with Crippen molar-refractivity contribution in [2.45, 2.75) is 6.54 Å². The molecule has 1 saturated heterocycles. The van der Waals surface area contributed by atoms with Crippen molar-refractivity contribution in [2.24, 2.45) is 0 Å². The van der Waals surface area contributed by atoms with Gasteiger partial charge in [0.2, 0.25) is 0 Å². The average molecular weight is 454 g/mol. The zero-order valence-electron chi connectivity index (χ0n) is 17.8. The van der Waals surface area contributed by atoms with Gasteiger partial charge < -0.3 is 15.1 Å². The summed E-state index contributed by atoms with van der Waals surface area (Å²) >= 11 is 5.93. The third kappa shape index (κ3) is 5.55. The van der Waals surface area contributed by atoms with Gasteiger partial charge in [0, 0.05) is 48.8 Å². The molecule has 2 heterocycles. The number of nitrogens with one attached hydrogen (secondary N) is 1. The van der Waals surface area contributed by atoms with Crippen LogP contribution in [0.15, 0.2) is 66.9 Å². The molecule has 0 bridgehead atoms. The molecule has 0 spiro atoms. The number of benzene rings is 2. The summed E-state index contributed by atoms with van der Waals surface area (Å²) in [5.41, 5.74) is 2.08.